The summed E-state index contributed by atoms with van der Waals surface area (Å²) in [4.78, 5) is 15.5. The summed E-state index contributed by atoms with van der Waals surface area (Å²) in [5.74, 6) is 0.802. The highest BCUT2D eigenvalue weighted by Gasteiger charge is 2.14. The molecule has 1 heterocycles. The van der Waals surface area contributed by atoms with Crippen molar-refractivity contribution in [3.05, 3.63) is 10.6 Å². The van der Waals surface area contributed by atoms with Crippen molar-refractivity contribution in [2.75, 3.05) is 5.75 Å². The second-order valence-corrected chi connectivity index (χ2v) is 6.17. The first-order valence-electron chi connectivity index (χ1n) is 5.38. The maximum Gasteiger partial charge on any atom is 0.347 e. The Morgan fingerprint density at radius 1 is 1.62 bits per heavy atom. The van der Waals surface area contributed by atoms with E-state index < -0.39 is 5.97 Å². The Kier molecular flexibility index (Phi) is 5.28. The fraction of sp³-hybridized carbons (Fsp3) is 0.636. The van der Waals surface area contributed by atoms with E-state index in [4.69, 9.17) is 5.11 Å². The number of carboxylic acids is 1. The number of nitrogens with zero attached hydrogens (tertiary/aromatic N) is 1. The van der Waals surface area contributed by atoms with Crippen LogP contribution in [0.2, 0.25) is 0 Å². The lowest BCUT2D eigenvalue weighted by atomic mass is 10.1. The third-order valence-corrected chi connectivity index (χ3v) is 4.86. The molecule has 0 radical (unpaired) electrons. The van der Waals surface area contributed by atoms with Crippen molar-refractivity contribution in [1.29, 1.82) is 0 Å². The van der Waals surface area contributed by atoms with Crippen LogP contribution in [0.1, 0.15) is 42.1 Å². The molecule has 90 valence electrons. The van der Waals surface area contributed by atoms with Crippen LogP contribution in [-0.2, 0) is 0 Å². The van der Waals surface area contributed by atoms with E-state index in [2.05, 4.69) is 18.8 Å². The van der Waals surface area contributed by atoms with Crippen molar-refractivity contribution in [1.82, 2.24) is 4.98 Å². The monoisotopic (exact) mass is 259 g/mol. The van der Waals surface area contributed by atoms with Crippen molar-refractivity contribution in [3.63, 3.8) is 0 Å². The zero-order valence-corrected chi connectivity index (χ0v) is 11.5. The van der Waals surface area contributed by atoms with Crippen molar-refractivity contribution in [2.45, 2.75) is 38.0 Å². The number of thiazole rings is 1. The van der Waals surface area contributed by atoms with E-state index in [0.717, 1.165) is 10.1 Å². The Bertz CT molecular complexity index is 363. The van der Waals surface area contributed by atoms with E-state index in [0.29, 0.717) is 16.5 Å². The van der Waals surface area contributed by atoms with Gasteiger partial charge in [-0.1, -0.05) is 38.5 Å². The summed E-state index contributed by atoms with van der Waals surface area (Å²) < 4.78 is 0.873. The summed E-state index contributed by atoms with van der Waals surface area (Å²) >= 11 is 2.94. The zero-order valence-electron chi connectivity index (χ0n) is 9.82. The van der Waals surface area contributed by atoms with Gasteiger partial charge in [-0.15, -0.1) is 11.3 Å². The van der Waals surface area contributed by atoms with Crippen LogP contribution in [0.15, 0.2) is 4.34 Å². The number of hydrogen-bond donors (Lipinski definition) is 1. The van der Waals surface area contributed by atoms with E-state index in [1.807, 2.05) is 0 Å². The smallest absolute Gasteiger partial charge is 0.347 e. The Morgan fingerprint density at radius 2 is 2.31 bits per heavy atom. The molecule has 1 atom stereocenters. The lowest BCUT2D eigenvalue weighted by Crippen LogP contribution is -1.96. The quantitative estimate of drug-likeness (QED) is 0.792. The van der Waals surface area contributed by atoms with Gasteiger partial charge in [-0.3, -0.25) is 0 Å². The van der Waals surface area contributed by atoms with Crippen LogP contribution >= 0.6 is 23.1 Å². The van der Waals surface area contributed by atoms with Gasteiger partial charge in [0.25, 0.3) is 0 Å². The highest BCUT2D eigenvalue weighted by molar-refractivity contribution is 8.01. The molecule has 0 fully saturated rings. The van der Waals surface area contributed by atoms with Gasteiger partial charge < -0.3 is 5.11 Å². The standard InChI is InChI=1S/C11H17NO2S2/c1-4-5-7(2)6-15-11-12-8(3)9(16-11)10(13)14/h7H,4-6H2,1-3H3,(H,13,14). The van der Waals surface area contributed by atoms with Crippen molar-refractivity contribution < 1.29 is 9.90 Å². The van der Waals surface area contributed by atoms with Gasteiger partial charge in [0.1, 0.15) is 4.88 Å². The number of thioether (sulfide) groups is 1. The summed E-state index contributed by atoms with van der Waals surface area (Å²) in [5, 5.41) is 8.90. The molecule has 1 unspecified atom stereocenters. The number of aromatic carboxylic acids is 1. The van der Waals surface area contributed by atoms with Crippen molar-refractivity contribution in [3.8, 4) is 0 Å². The molecule has 0 saturated heterocycles. The van der Waals surface area contributed by atoms with Crippen molar-refractivity contribution in [2.24, 2.45) is 5.92 Å². The van der Waals surface area contributed by atoms with Crippen LogP contribution in [-0.4, -0.2) is 21.8 Å². The van der Waals surface area contributed by atoms with Gasteiger partial charge in [-0.25, -0.2) is 9.78 Å². The van der Waals surface area contributed by atoms with E-state index in [-0.39, 0.29) is 0 Å². The number of hydrogen-bond acceptors (Lipinski definition) is 4. The lowest BCUT2D eigenvalue weighted by Gasteiger charge is -2.06. The molecule has 3 nitrogen and oxygen atoms in total. The van der Waals surface area contributed by atoms with E-state index >= 15 is 0 Å². The zero-order chi connectivity index (χ0) is 12.1. The molecule has 16 heavy (non-hydrogen) atoms. The third-order valence-electron chi connectivity index (χ3n) is 2.24. The van der Waals surface area contributed by atoms with Gasteiger partial charge in [0, 0.05) is 5.75 Å². The van der Waals surface area contributed by atoms with Crippen LogP contribution < -0.4 is 0 Å². The van der Waals surface area contributed by atoms with E-state index in [1.54, 1.807) is 18.7 Å². The Hall–Kier alpha value is -0.550. The minimum absolute atomic E-state index is 0.366. The minimum Gasteiger partial charge on any atom is -0.477 e. The number of rotatable bonds is 6. The second-order valence-electron chi connectivity index (χ2n) is 3.90. The molecular weight excluding hydrogens is 242 g/mol. The predicted molar refractivity (Wildman–Crippen MR) is 68.6 cm³/mol. The molecule has 0 aliphatic rings. The maximum atomic E-state index is 10.8. The Labute approximate surface area is 104 Å². The van der Waals surface area contributed by atoms with Crippen LogP contribution in [0.4, 0.5) is 0 Å². The summed E-state index contributed by atoms with van der Waals surface area (Å²) in [6.07, 6.45) is 2.40. The third kappa shape index (κ3) is 3.79. The van der Waals surface area contributed by atoms with Crippen LogP contribution in [0.3, 0.4) is 0 Å². The largest absolute Gasteiger partial charge is 0.477 e. The molecular formula is C11H17NO2S2. The van der Waals surface area contributed by atoms with Gasteiger partial charge in [0.15, 0.2) is 4.34 Å². The highest BCUT2D eigenvalue weighted by Crippen LogP contribution is 2.29. The topological polar surface area (TPSA) is 50.2 Å². The summed E-state index contributed by atoms with van der Waals surface area (Å²) in [6.45, 7) is 6.14. The van der Waals surface area contributed by atoms with Gasteiger partial charge in [-0.05, 0) is 12.8 Å². The average molecular weight is 259 g/mol. The van der Waals surface area contributed by atoms with Crippen LogP contribution in [0.5, 0.6) is 0 Å². The molecule has 0 aliphatic heterocycles. The number of aromatic nitrogens is 1. The average Bonchev–Trinajstić information content (AvgIpc) is 2.57. The molecule has 1 aromatic heterocycles. The predicted octanol–water partition coefficient (Wildman–Crippen LogP) is 3.68. The lowest BCUT2D eigenvalue weighted by molar-refractivity contribution is 0.0701. The molecule has 0 amide bonds. The fourth-order valence-corrected chi connectivity index (χ4v) is 3.54. The highest BCUT2D eigenvalue weighted by atomic mass is 32.2. The molecule has 0 bridgehead atoms. The van der Waals surface area contributed by atoms with E-state index in [1.165, 1.54) is 24.2 Å². The Balaban J connectivity index is 2.55. The fourth-order valence-electron chi connectivity index (χ4n) is 1.42. The summed E-state index contributed by atoms with van der Waals surface area (Å²) in [5.41, 5.74) is 0.628. The van der Waals surface area contributed by atoms with Gasteiger partial charge in [0.05, 0.1) is 5.69 Å². The van der Waals surface area contributed by atoms with Gasteiger partial charge in [0.2, 0.25) is 0 Å². The SMILES string of the molecule is CCCC(C)CSc1nc(C)c(C(=O)O)s1. The summed E-state index contributed by atoms with van der Waals surface area (Å²) in [7, 11) is 0. The van der Waals surface area contributed by atoms with E-state index in [9.17, 15) is 4.79 Å². The first kappa shape index (κ1) is 13.5. The maximum absolute atomic E-state index is 10.8. The molecule has 1 N–H and O–H groups in total. The van der Waals surface area contributed by atoms with Gasteiger partial charge >= 0.3 is 5.97 Å². The number of carboxylic acid groups (broad SMARTS) is 1. The molecule has 1 aromatic rings. The Morgan fingerprint density at radius 3 is 2.81 bits per heavy atom. The summed E-state index contributed by atoms with van der Waals surface area (Å²) in [6, 6.07) is 0. The first-order valence-corrected chi connectivity index (χ1v) is 7.18. The second kappa shape index (κ2) is 6.25. The van der Waals surface area contributed by atoms with Crippen LogP contribution in [0.25, 0.3) is 0 Å². The number of aryl methyl sites for hydroxylation is 1. The molecule has 0 aliphatic carbocycles. The minimum atomic E-state index is -0.872. The molecule has 0 spiro atoms. The number of carbonyl (C=O) groups is 1. The molecule has 5 heteroatoms. The van der Waals surface area contributed by atoms with Crippen molar-refractivity contribution >= 4 is 29.1 Å². The normalized spacial score (nSPS) is 12.7. The molecule has 1 rings (SSSR count). The molecule has 0 saturated carbocycles. The van der Waals surface area contributed by atoms with Crippen LogP contribution in [0, 0.1) is 12.8 Å². The first-order chi connectivity index (χ1) is 7.54. The molecule has 0 aromatic carbocycles. The van der Waals surface area contributed by atoms with Gasteiger partial charge in [-0.2, -0.15) is 0 Å².